The van der Waals surface area contributed by atoms with Crippen LogP contribution in [0.5, 0.6) is 0 Å². The number of nitrogens with zero attached hydrogens (tertiary/aromatic N) is 1. The number of hydrogen-bond acceptors (Lipinski definition) is 4. The minimum Gasteiger partial charge on any atom is -0.360 e. The maximum atomic E-state index is 12.1. The average molecular weight is 361 g/mol. The number of amides is 1. The van der Waals surface area contributed by atoms with Crippen LogP contribution in [0.15, 0.2) is 66.7 Å². The molecule has 0 fully saturated rings. The Kier molecular flexibility index (Phi) is 4.80. The first-order valence-electron chi connectivity index (χ1n) is 8.62. The number of hydrogen-bond donors (Lipinski definition) is 2. The molecule has 4 aromatic rings. The molecule has 26 heavy (non-hydrogen) atoms. The second-order valence-electron chi connectivity index (χ2n) is 6.12. The second-order valence-corrected chi connectivity index (χ2v) is 7.15. The predicted molar refractivity (Wildman–Crippen MR) is 109 cm³/mol. The van der Waals surface area contributed by atoms with Crippen LogP contribution in [0, 0.1) is 0 Å². The van der Waals surface area contributed by atoms with Gasteiger partial charge in [0, 0.05) is 13.1 Å². The number of carbonyl (C=O) groups is 1. The Hall–Kier alpha value is -2.92. The summed E-state index contributed by atoms with van der Waals surface area (Å²) < 4.78 is 1.16. The minimum absolute atomic E-state index is 0.0337. The van der Waals surface area contributed by atoms with Gasteiger partial charge in [-0.2, -0.15) is 0 Å². The molecule has 130 valence electrons. The lowest BCUT2D eigenvalue weighted by atomic mass is 10.1. The fraction of sp³-hybridized carbons (Fsp3) is 0.143. The van der Waals surface area contributed by atoms with E-state index in [1.807, 2.05) is 36.4 Å². The van der Waals surface area contributed by atoms with Crippen LogP contribution in [0.3, 0.4) is 0 Å². The molecule has 4 nitrogen and oxygen atoms in total. The lowest BCUT2D eigenvalue weighted by molar-refractivity contribution is -0.120. The molecule has 3 aromatic carbocycles. The summed E-state index contributed by atoms with van der Waals surface area (Å²) in [6.45, 7) is 1.23. The van der Waals surface area contributed by atoms with Crippen molar-refractivity contribution in [2.24, 2.45) is 0 Å². The van der Waals surface area contributed by atoms with Crippen molar-refractivity contribution in [2.75, 3.05) is 18.4 Å². The van der Waals surface area contributed by atoms with Crippen LogP contribution in [-0.2, 0) is 11.2 Å². The second kappa shape index (κ2) is 7.54. The molecule has 0 unspecified atom stereocenters. The number of carbonyl (C=O) groups excluding carboxylic acids is 1. The molecule has 4 rings (SSSR count). The average Bonchev–Trinajstić information content (AvgIpc) is 3.08. The van der Waals surface area contributed by atoms with Gasteiger partial charge in [-0.05, 0) is 28.5 Å². The summed E-state index contributed by atoms with van der Waals surface area (Å²) in [6, 6.07) is 22.4. The van der Waals surface area contributed by atoms with E-state index in [4.69, 9.17) is 0 Å². The zero-order chi connectivity index (χ0) is 17.8. The summed E-state index contributed by atoms with van der Waals surface area (Å²) in [7, 11) is 0. The summed E-state index contributed by atoms with van der Waals surface area (Å²) in [5.41, 5.74) is 2.03. The van der Waals surface area contributed by atoms with Crippen LogP contribution in [0.2, 0.25) is 0 Å². The SMILES string of the molecule is O=C(Cc1ccc2ccccc2c1)NCCNc1nc2ccccc2s1. The number of nitrogens with one attached hydrogen (secondary N) is 2. The molecule has 1 aromatic heterocycles. The van der Waals surface area contributed by atoms with Crippen molar-refractivity contribution in [1.82, 2.24) is 10.3 Å². The Bertz CT molecular complexity index is 1020. The van der Waals surface area contributed by atoms with Crippen LogP contribution in [0.25, 0.3) is 21.0 Å². The number of fused-ring (bicyclic) bond motifs is 2. The van der Waals surface area contributed by atoms with Gasteiger partial charge in [-0.15, -0.1) is 0 Å². The first kappa shape index (κ1) is 16.5. The highest BCUT2D eigenvalue weighted by atomic mass is 32.1. The fourth-order valence-electron chi connectivity index (χ4n) is 2.92. The highest BCUT2D eigenvalue weighted by Crippen LogP contribution is 2.24. The Morgan fingerprint density at radius 2 is 1.73 bits per heavy atom. The van der Waals surface area contributed by atoms with Crippen LogP contribution < -0.4 is 10.6 Å². The number of thiazole rings is 1. The first-order chi connectivity index (χ1) is 12.8. The Morgan fingerprint density at radius 1 is 0.923 bits per heavy atom. The van der Waals surface area contributed by atoms with Gasteiger partial charge in [-0.25, -0.2) is 4.98 Å². The Labute approximate surface area is 155 Å². The molecule has 0 bridgehead atoms. The largest absolute Gasteiger partial charge is 0.360 e. The van der Waals surface area contributed by atoms with Gasteiger partial charge in [-0.1, -0.05) is 65.9 Å². The Morgan fingerprint density at radius 3 is 2.62 bits per heavy atom. The summed E-state index contributed by atoms with van der Waals surface area (Å²) in [4.78, 5) is 16.7. The number of rotatable bonds is 6. The van der Waals surface area contributed by atoms with Crippen LogP contribution in [0.4, 0.5) is 5.13 Å². The van der Waals surface area contributed by atoms with Crippen LogP contribution in [-0.4, -0.2) is 24.0 Å². The third-order valence-corrected chi connectivity index (χ3v) is 5.19. The van der Waals surface area contributed by atoms with Gasteiger partial charge in [0.2, 0.25) is 5.91 Å². The van der Waals surface area contributed by atoms with E-state index in [-0.39, 0.29) is 5.91 Å². The van der Waals surface area contributed by atoms with E-state index in [0.29, 0.717) is 19.5 Å². The van der Waals surface area contributed by atoms with Crippen molar-refractivity contribution in [3.63, 3.8) is 0 Å². The quantitative estimate of drug-likeness (QED) is 0.506. The fourth-order valence-corrected chi connectivity index (χ4v) is 3.81. The van der Waals surface area contributed by atoms with Crippen LogP contribution >= 0.6 is 11.3 Å². The molecule has 1 heterocycles. The maximum Gasteiger partial charge on any atom is 0.224 e. The summed E-state index contributed by atoms with van der Waals surface area (Å²) >= 11 is 1.62. The van der Waals surface area contributed by atoms with Gasteiger partial charge in [0.1, 0.15) is 0 Å². The molecule has 0 saturated heterocycles. The minimum atomic E-state index is 0.0337. The monoisotopic (exact) mass is 361 g/mol. The van der Waals surface area contributed by atoms with Crippen LogP contribution in [0.1, 0.15) is 5.56 Å². The van der Waals surface area contributed by atoms with Crippen molar-refractivity contribution in [1.29, 1.82) is 0 Å². The normalized spacial score (nSPS) is 10.9. The molecular weight excluding hydrogens is 342 g/mol. The molecular formula is C21H19N3OS. The van der Waals surface area contributed by atoms with E-state index in [0.717, 1.165) is 26.3 Å². The third-order valence-electron chi connectivity index (χ3n) is 4.20. The predicted octanol–water partition coefficient (Wildman–Crippen LogP) is 4.22. The van der Waals surface area contributed by atoms with E-state index >= 15 is 0 Å². The molecule has 0 aliphatic carbocycles. The number of anilines is 1. The van der Waals surface area contributed by atoms with Gasteiger partial charge in [0.15, 0.2) is 5.13 Å². The van der Waals surface area contributed by atoms with Crippen molar-refractivity contribution < 1.29 is 4.79 Å². The van der Waals surface area contributed by atoms with Crippen molar-refractivity contribution >= 4 is 43.4 Å². The molecule has 0 aliphatic rings. The van der Waals surface area contributed by atoms with E-state index in [1.54, 1.807) is 11.3 Å². The van der Waals surface area contributed by atoms with E-state index in [9.17, 15) is 4.79 Å². The molecule has 1 amide bonds. The molecule has 5 heteroatoms. The highest BCUT2D eigenvalue weighted by Gasteiger charge is 2.05. The van der Waals surface area contributed by atoms with Crippen molar-refractivity contribution in [3.05, 3.63) is 72.3 Å². The topological polar surface area (TPSA) is 54.0 Å². The Balaban J connectivity index is 1.26. The highest BCUT2D eigenvalue weighted by molar-refractivity contribution is 7.22. The van der Waals surface area contributed by atoms with Gasteiger partial charge < -0.3 is 10.6 Å². The zero-order valence-electron chi connectivity index (χ0n) is 14.2. The lowest BCUT2D eigenvalue weighted by Crippen LogP contribution is -2.29. The lowest BCUT2D eigenvalue weighted by Gasteiger charge is -2.07. The molecule has 2 N–H and O–H groups in total. The first-order valence-corrected chi connectivity index (χ1v) is 9.43. The zero-order valence-corrected chi connectivity index (χ0v) is 15.1. The molecule has 0 spiro atoms. The van der Waals surface area contributed by atoms with Gasteiger partial charge in [0.05, 0.1) is 16.6 Å². The number of para-hydroxylation sites is 1. The molecule has 0 radical (unpaired) electrons. The van der Waals surface area contributed by atoms with E-state index in [2.05, 4.69) is 45.9 Å². The summed E-state index contributed by atoms with van der Waals surface area (Å²) in [6.07, 6.45) is 0.395. The van der Waals surface area contributed by atoms with Gasteiger partial charge in [0.25, 0.3) is 0 Å². The van der Waals surface area contributed by atoms with Gasteiger partial charge >= 0.3 is 0 Å². The smallest absolute Gasteiger partial charge is 0.224 e. The number of benzene rings is 3. The molecule has 0 aliphatic heterocycles. The molecule has 0 saturated carbocycles. The standard InChI is InChI=1S/C21H19N3OS/c25-20(14-15-9-10-16-5-1-2-6-17(16)13-15)22-11-12-23-21-24-18-7-3-4-8-19(18)26-21/h1-10,13H,11-12,14H2,(H,22,25)(H,23,24). The van der Waals surface area contributed by atoms with Gasteiger partial charge in [-0.3, -0.25) is 4.79 Å². The van der Waals surface area contributed by atoms with Crippen molar-refractivity contribution in [3.8, 4) is 0 Å². The van der Waals surface area contributed by atoms with E-state index < -0.39 is 0 Å². The van der Waals surface area contributed by atoms with Crippen molar-refractivity contribution in [2.45, 2.75) is 6.42 Å². The number of aromatic nitrogens is 1. The maximum absolute atomic E-state index is 12.1. The third kappa shape index (κ3) is 3.83. The molecule has 0 atom stereocenters. The summed E-state index contributed by atoms with van der Waals surface area (Å²) in [5.74, 6) is 0.0337. The summed E-state index contributed by atoms with van der Waals surface area (Å²) in [5, 5.41) is 9.47. The van der Waals surface area contributed by atoms with E-state index in [1.165, 1.54) is 5.39 Å².